The van der Waals surface area contributed by atoms with Crippen molar-refractivity contribution in [2.75, 3.05) is 20.2 Å². The Kier molecular flexibility index (Phi) is 5.02. The molecule has 26 heavy (non-hydrogen) atoms. The zero-order valence-electron chi connectivity index (χ0n) is 16.0. The highest BCUT2D eigenvalue weighted by atomic mass is 16.5. The number of likely N-dealkylation sites (tertiary alicyclic amines) is 1. The van der Waals surface area contributed by atoms with E-state index < -0.39 is 11.2 Å². The second kappa shape index (κ2) is 7.14. The van der Waals surface area contributed by atoms with Gasteiger partial charge in [0, 0.05) is 19.1 Å². The van der Waals surface area contributed by atoms with Crippen molar-refractivity contribution in [2.45, 2.75) is 75.0 Å². The predicted octanol–water partition coefficient (Wildman–Crippen LogP) is 3.15. The number of hydrogen-bond acceptors (Lipinski definition) is 4. The van der Waals surface area contributed by atoms with Crippen LogP contribution in [0.3, 0.4) is 0 Å². The Balaban J connectivity index is 1.60. The fraction of sp³-hybridized carbons (Fsp3) is 0.727. The molecule has 1 aliphatic heterocycles. The van der Waals surface area contributed by atoms with Crippen LogP contribution in [0.5, 0.6) is 5.75 Å². The van der Waals surface area contributed by atoms with E-state index in [1.54, 1.807) is 7.11 Å². The molecule has 144 valence electrons. The van der Waals surface area contributed by atoms with Crippen molar-refractivity contribution in [3.05, 3.63) is 29.8 Å². The van der Waals surface area contributed by atoms with Gasteiger partial charge in [0.1, 0.15) is 11.4 Å². The fourth-order valence-corrected chi connectivity index (χ4v) is 5.37. The van der Waals surface area contributed by atoms with Crippen molar-refractivity contribution in [1.82, 2.24) is 4.90 Å². The monoisotopic (exact) mass is 359 g/mol. The van der Waals surface area contributed by atoms with Crippen LogP contribution in [0.4, 0.5) is 0 Å². The van der Waals surface area contributed by atoms with Crippen LogP contribution in [0.25, 0.3) is 0 Å². The minimum Gasteiger partial charge on any atom is -0.497 e. The molecule has 1 heterocycles. The lowest BCUT2D eigenvalue weighted by atomic mass is 9.62. The molecule has 1 aromatic carbocycles. The average molecular weight is 360 g/mol. The van der Waals surface area contributed by atoms with E-state index in [2.05, 4.69) is 17.0 Å². The molecule has 3 atom stereocenters. The first-order chi connectivity index (χ1) is 12.5. The van der Waals surface area contributed by atoms with Crippen molar-refractivity contribution in [3.63, 3.8) is 0 Å². The van der Waals surface area contributed by atoms with Gasteiger partial charge in [0.2, 0.25) is 0 Å². The maximum Gasteiger partial charge on any atom is 0.118 e. The number of hydrogen-bond donors (Lipinski definition) is 2. The molecule has 0 radical (unpaired) electrons. The van der Waals surface area contributed by atoms with Gasteiger partial charge in [-0.1, -0.05) is 31.4 Å². The van der Waals surface area contributed by atoms with Gasteiger partial charge in [0.15, 0.2) is 0 Å². The number of methoxy groups -OCH3 is 1. The van der Waals surface area contributed by atoms with E-state index in [-0.39, 0.29) is 6.04 Å². The molecule has 1 aromatic rings. The van der Waals surface area contributed by atoms with Gasteiger partial charge >= 0.3 is 0 Å². The Morgan fingerprint density at radius 3 is 2.42 bits per heavy atom. The molecule has 0 unspecified atom stereocenters. The van der Waals surface area contributed by atoms with Crippen LogP contribution in [-0.4, -0.2) is 52.6 Å². The summed E-state index contributed by atoms with van der Waals surface area (Å²) in [5.41, 5.74) is -0.705. The maximum atomic E-state index is 11.7. The van der Waals surface area contributed by atoms with E-state index in [1.165, 1.54) is 24.8 Å². The molecule has 2 aliphatic carbocycles. The number of nitrogens with zero attached hydrogens (tertiary/aromatic N) is 1. The van der Waals surface area contributed by atoms with E-state index in [9.17, 15) is 10.2 Å². The third kappa shape index (κ3) is 3.17. The zero-order chi connectivity index (χ0) is 18.2. The van der Waals surface area contributed by atoms with E-state index in [0.29, 0.717) is 12.8 Å². The van der Waals surface area contributed by atoms with E-state index in [4.69, 9.17) is 4.74 Å². The quantitative estimate of drug-likeness (QED) is 0.848. The minimum absolute atomic E-state index is 0.00413. The van der Waals surface area contributed by atoms with Gasteiger partial charge in [-0.25, -0.2) is 0 Å². The number of aliphatic hydroxyl groups is 2. The van der Waals surface area contributed by atoms with Crippen LogP contribution >= 0.6 is 0 Å². The SMILES string of the molecule is COc1ccc(C[C@H]2N(CC3CCC3)CC[C@@]3(O)CCCC[C@@]23O)cc1. The second-order valence-corrected chi connectivity index (χ2v) is 8.77. The lowest BCUT2D eigenvalue weighted by Gasteiger charge is -2.58. The van der Waals surface area contributed by atoms with Gasteiger partial charge in [-0.05, 0) is 62.1 Å². The standard InChI is InChI=1S/C22H33NO3/c1-26-19-9-7-17(8-10-19)15-20-22(25)12-3-2-11-21(22,24)13-14-23(20)16-18-5-4-6-18/h7-10,18,20,24-25H,2-6,11-16H2,1H3/t20-,21+,22-/m1/s1. The van der Waals surface area contributed by atoms with Crippen LogP contribution in [0.1, 0.15) is 56.9 Å². The van der Waals surface area contributed by atoms with Gasteiger partial charge in [-0.2, -0.15) is 0 Å². The Morgan fingerprint density at radius 1 is 1.04 bits per heavy atom. The van der Waals surface area contributed by atoms with Gasteiger partial charge in [0.05, 0.1) is 12.7 Å². The van der Waals surface area contributed by atoms with Gasteiger partial charge < -0.3 is 14.9 Å². The number of piperidine rings is 1. The van der Waals surface area contributed by atoms with E-state index in [0.717, 1.165) is 50.4 Å². The van der Waals surface area contributed by atoms with Crippen molar-refractivity contribution in [2.24, 2.45) is 5.92 Å². The number of fused-ring (bicyclic) bond motifs is 1. The average Bonchev–Trinajstić information content (AvgIpc) is 2.61. The number of benzene rings is 1. The Morgan fingerprint density at radius 2 is 1.77 bits per heavy atom. The van der Waals surface area contributed by atoms with Crippen LogP contribution in [0, 0.1) is 5.92 Å². The summed E-state index contributed by atoms with van der Waals surface area (Å²) in [6.07, 6.45) is 8.95. The molecule has 4 heteroatoms. The molecule has 2 saturated carbocycles. The first-order valence-electron chi connectivity index (χ1n) is 10.4. The van der Waals surface area contributed by atoms with Crippen LogP contribution < -0.4 is 4.74 Å². The van der Waals surface area contributed by atoms with E-state index >= 15 is 0 Å². The minimum atomic E-state index is -0.993. The summed E-state index contributed by atoms with van der Waals surface area (Å²) in [5, 5.41) is 23.0. The van der Waals surface area contributed by atoms with Gasteiger partial charge in [-0.3, -0.25) is 4.90 Å². The molecule has 1 saturated heterocycles. The molecule has 3 fully saturated rings. The number of ether oxygens (including phenoxy) is 1. The van der Waals surface area contributed by atoms with Crippen molar-refractivity contribution in [3.8, 4) is 5.75 Å². The molecule has 0 amide bonds. The molecule has 0 spiro atoms. The predicted molar refractivity (Wildman–Crippen MR) is 102 cm³/mol. The summed E-state index contributed by atoms with van der Waals surface area (Å²) < 4.78 is 5.28. The first-order valence-corrected chi connectivity index (χ1v) is 10.4. The molecule has 4 nitrogen and oxygen atoms in total. The van der Waals surface area contributed by atoms with Gasteiger partial charge in [0.25, 0.3) is 0 Å². The van der Waals surface area contributed by atoms with Crippen molar-refractivity contribution >= 4 is 0 Å². The summed E-state index contributed by atoms with van der Waals surface area (Å²) in [5.74, 6) is 1.63. The lowest BCUT2D eigenvalue weighted by Crippen LogP contribution is -2.72. The van der Waals surface area contributed by atoms with E-state index in [1.807, 2.05) is 12.1 Å². The zero-order valence-corrected chi connectivity index (χ0v) is 16.0. The maximum absolute atomic E-state index is 11.7. The molecular formula is C22H33NO3. The Bertz CT molecular complexity index is 614. The molecular weight excluding hydrogens is 326 g/mol. The third-order valence-electron chi connectivity index (χ3n) is 7.31. The summed E-state index contributed by atoms with van der Waals surface area (Å²) in [6, 6.07) is 8.17. The molecule has 0 aromatic heterocycles. The summed E-state index contributed by atoms with van der Waals surface area (Å²) >= 11 is 0. The molecule has 2 N–H and O–H groups in total. The van der Waals surface area contributed by atoms with Crippen LogP contribution in [-0.2, 0) is 6.42 Å². The second-order valence-electron chi connectivity index (χ2n) is 8.77. The summed E-state index contributed by atoms with van der Waals surface area (Å²) in [7, 11) is 1.68. The highest BCUT2D eigenvalue weighted by Crippen LogP contribution is 2.47. The first kappa shape index (κ1) is 18.3. The third-order valence-corrected chi connectivity index (χ3v) is 7.31. The highest BCUT2D eigenvalue weighted by molar-refractivity contribution is 5.29. The Labute approximate surface area is 157 Å². The van der Waals surface area contributed by atoms with Crippen molar-refractivity contribution in [1.29, 1.82) is 0 Å². The topological polar surface area (TPSA) is 52.9 Å². The van der Waals surface area contributed by atoms with Crippen LogP contribution in [0.2, 0.25) is 0 Å². The lowest BCUT2D eigenvalue weighted by molar-refractivity contribution is -0.236. The van der Waals surface area contributed by atoms with Crippen LogP contribution in [0.15, 0.2) is 24.3 Å². The molecule has 0 bridgehead atoms. The fourth-order valence-electron chi connectivity index (χ4n) is 5.37. The normalized spacial score (nSPS) is 35.6. The smallest absolute Gasteiger partial charge is 0.118 e. The van der Waals surface area contributed by atoms with Gasteiger partial charge in [-0.15, -0.1) is 0 Å². The summed E-state index contributed by atoms with van der Waals surface area (Å²) in [6.45, 7) is 1.97. The largest absolute Gasteiger partial charge is 0.497 e. The molecule has 4 rings (SSSR count). The Hall–Kier alpha value is -1.10. The molecule has 3 aliphatic rings. The summed E-state index contributed by atoms with van der Waals surface area (Å²) in [4.78, 5) is 2.49. The number of rotatable bonds is 5. The van der Waals surface area contributed by atoms with Crippen molar-refractivity contribution < 1.29 is 14.9 Å². The highest BCUT2D eigenvalue weighted by Gasteiger charge is 2.59.